The Hall–Kier alpha value is 0.170. The van der Waals surface area contributed by atoms with Crippen LogP contribution in [0.25, 0.3) is 0 Å². The predicted octanol–water partition coefficient (Wildman–Crippen LogP) is 2.82. The Bertz CT molecular complexity index is 232. The van der Waals surface area contributed by atoms with Crippen molar-refractivity contribution in [3.05, 3.63) is 0 Å². The fourth-order valence-electron chi connectivity index (χ4n) is 3.64. The molecule has 0 aromatic heterocycles. The summed E-state index contributed by atoms with van der Waals surface area (Å²) in [5, 5.41) is 0. The van der Waals surface area contributed by atoms with E-state index in [0.717, 1.165) is 18.9 Å². The van der Waals surface area contributed by atoms with Crippen LogP contribution in [0.5, 0.6) is 0 Å². The molecule has 1 saturated carbocycles. The Kier molecular flexibility index (Phi) is 8.31. The highest BCUT2D eigenvalue weighted by molar-refractivity contribution is 5.85. The molecule has 2 fully saturated rings. The van der Waals surface area contributed by atoms with Crippen molar-refractivity contribution in [1.29, 1.82) is 0 Å². The van der Waals surface area contributed by atoms with Gasteiger partial charge in [0.1, 0.15) is 0 Å². The van der Waals surface area contributed by atoms with E-state index in [4.69, 9.17) is 10.5 Å². The molecular weight excluding hydrogens is 260 g/mol. The largest absolute Gasteiger partial charge is 0.381 e. The van der Waals surface area contributed by atoms with E-state index >= 15 is 0 Å². The molecule has 4 heteroatoms. The quantitative estimate of drug-likeness (QED) is 0.809. The number of ether oxygens (including phenoxy) is 1. The van der Waals surface area contributed by atoms with E-state index in [2.05, 4.69) is 4.90 Å². The van der Waals surface area contributed by atoms with Crippen molar-refractivity contribution in [3.63, 3.8) is 0 Å². The van der Waals surface area contributed by atoms with E-state index in [0.29, 0.717) is 12.1 Å². The second kappa shape index (κ2) is 9.17. The minimum absolute atomic E-state index is 0. The first-order valence-electron chi connectivity index (χ1n) is 7.80. The zero-order valence-corrected chi connectivity index (χ0v) is 13.2. The Morgan fingerprint density at radius 1 is 1.11 bits per heavy atom. The Morgan fingerprint density at radius 3 is 2.37 bits per heavy atom. The number of hydrogen-bond donors (Lipinski definition) is 1. The number of hydrogen-bond acceptors (Lipinski definition) is 3. The fourth-order valence-corrected chi connectivity index (χ4v) is 3.64. The predicted molar refractivity (Wildman–Crippen MR) is 82.9 cm³/mol. The van der Waals surface area contributed by atoms with E-state index < -0.39 is 0 Å². The maximum Gasteiger partial charge on any atom is 0.0599 e. The standard InChI is InChI=1S/C15H30N2O.ClH/c1-18-15-8-9-17(14(10-15)11-16)12-13-6-4-2-3-5-7-13;/h13-15H,2-12,16H2,1H3;1H. The molecule has 3 nitrogen and oxygen atoms in total. The van der Waals surface area contributed by atoms with Crippen LogP contribution < -0.4 is 5.73 Å². The van der Waals surface area contributed by atoms with Gasteiger partial charge in [-0.2, -0.15) is 0 Å². The number of nitrogens with two attached hydrogens (primary N) is 1. The number of rotatable bonds is 4. The summed E-state index contributed by atoms with van der Waals surface area (Å²) in [4.78, 5) is 2.64. The van der Waals surface area contributed by atoms with Gasteiger partial charge >= 0.3 is 0 Å². The van der Waals surface area contributed by atoms with Crippen LogP contribution in [0.1, 0.15) is 51.4 Å². The summed E-state index contributed by atoms with van der Waals surface area (Å²) >= 11 is 0. The summed E-state index contributed by atoms with van der Waals surface area (Å²) in [6, 6.07) is 0.548. The van der Waals surface area contributed by atoms with Gasteiger partial charge in [-0.3, -0.25) is 4.90 Å². The molecule has 1 aliphatic heterocycles. The van der Waals surface area contributed by atoms with E-state index in [9.17, 15) is 0 Å². The first kappa shape index (κ1) is 17.2. The summed E-state index contributed by atoms with van der Waals surface area (Å²) in [5.41, 5.74) is 5.95. The molecule has 0 aromatic carbocycles. The summed E-state index contributed by atoms with van der Waals surface area (Å²) in [5.74, 6) is 0.917. The lowest BCUT2D eigenvalue weighted by atomic mass is 9.94. The van der Waals surface area contributed by atoms with Gasteiger partial charge in [0, 0.05) is 32.8 Å². The molecule has 0 amide bonds. The normalized spacial score (nSPS) is 30.6. The van der Waals surface area contributed by atoms with Crippen LogP contribution in [0.15, 0.2) is 0 Å². The molecule has 2 rings (SSSR count). The van der Waals surface area contributed by atoms with E-state index in [-0.39, 0.29) is 12.4 Å². The minimum atomic E-state index is 0. The lowest BCUT2D eigenvalue weighted by Crippen LogP contribution is -2.50. The molecule has 1 aliphatic carbocycles. The Morgan fingerprint density at radius 2 is 1.79 bits per heavy atom. The van der Waals surface area contributed by atoms with Gasteiger partial charge in [-0.15, -0.1) is 12.4 Å². The Labute approximate surface area is 124 Å². The van der Waals surface area contributed by atoms with Crippen molar-refractivity contribution >= 4 is 12.4 Å². The zero-order valence-electron chi connectivity index (χ0n) is 12.4. The average molecular weight is 291 g/mol. The molecule has 1 saturated heterocycles. The molecule has 1 heterocycles. The summed E-state index contributed by atoms with van der Waals surface area (Å²) in [6.07, 6.45) is 11.4. The van der Waals surface area contributed by atoms with Gasteiger partial charge in [0.2, 0.25) is 0 Å². The maximum atomic E-state index is 5.95. The van der Waals surface area contributed by atoms with Gasteiger partial charge in [-0.25, -0.2) is 0 Å². The van der Waals surface area contributed by atoms with E-state index in [1.807, 2.05) is 7.11 Å². The smallest absolute Gasteiger partial charge is 0.0599 e. The molecule has 19 heavy (non-hydrogen) atoms. The van der Waals surface area contributed by atoms with Gasteiger partial charge in [-0.05, 0) is 31.6 Å². The summed E-state index contributed by atoms with van der Waals surface area (Å²) in [6.45, 7) is 3.24. The lowest BCUT2D eigenvalue weighted by molar-refractivity contribution is 0.00691. The van der Waals surface area contributed by atoms with Crippen LogP contribution in [-0.4, -0.2) is 43.8 Å². The van der Waals surface area contributed by atoms with Crippen LogP contribution in [0.2, 0.25) is 0 Å². The highest BCUT2D eigenvalue weighted by Gasteiger charge is 2.29. The molecule has 2 aliphatic rings. The topological polar surface area (TPSA) is 38.5 Å². The summed E-state index contributed by atoms with van der Waals surface area (Å²) < 4.78 is 5.50. The molecule has 2 atom stereocenters. The van der Waals surface area contributed by atoms with Crippen molar-refractivity contribution in [2.24, 2.45) is 11.7 Å². The number of nitrogens with zero attached hydrogens (tertiary/aromatic N) is 1. The lowest BCUT2D eigenvalue weighted by Gasteiger charge is -2.40. The SMILES string of the molecule is COC1CCN(CC2CCCCCC2)C(CN)C1.Cl. The highest BCUT2D eigenvalue weighted by Crippen LogP contribution is 2.27. The number of likely N-dealkylation sites (tertiary alicyclic amines) is 1. The van der Waals surface area contributed by atoms with Crippen molar-refractivity contribution in [2.45, 2.75) is 63.5 Å². The fraction of sp³-hybridized carbons (Fsp3) is 1.00. The number of methoxy groups -OCH3 is 1. The third-order valence-electron chi connectivity index (χ3n) is 4.86. The first-order valence-corrected chi connectivity index (χ1v) is 7.80. The molecular formula is C15H31ClN2O. The number of piperidine rings is 1. The van der Waals surface area contributed by atoms with Crippen LogP contribution in [0.4, 0.5) is 0 Å². The summed E-state index contributed by atoms with van der Waals surface area (Å²) in [7, 11) is 1.83. The number of halogens is 1. The van der Waals surface area contributed by atoms with Gasteiger partial charge < -0.3 is 10.5 Å². The molecule has 0 aromatic rings. The van der Waals surface area contributed by atoms with Crippen molar-refractivity contribution in [3.8, 4) is 0 Å². The third-order valence-corrected chi connectivity index (χ3v) is 4.86. The molecule has 0 bridgehead atoms. The molecule has 114 valence electrons. The van der Waals surface area contributed by atoms with Crippen LogP contribution in [0.3, 0.4) is 0 Å². The monoisotopic (exact) mass is 290 g/mol. The second-order valence-electron chi connectivity index (χ2n) is 6.12. The molecule has 2 N–H and O–H groups in total. The van der Waals surface area contributed by atoms with E-state index in [1.54, 1.807) is 0 Å². The molecule has 0 spiro atoms. The second-order valence-corrected chi connectivity index (χ2v) is 6.12. The van der Waals surface area contributed by atoms with Crippen LogP contribution in [0, 0.1) is 5.92 Å². The molecule has 2 unspecified atom stereocenters. The first-order chi connectivity index (χ1) is 8.83. The highest BCUT2D eigenvalue weighted by atomic mass is 35.5. The van der Waals surface area contributed by atoms with Gasteiger partial charge in [0.05, 0.1) is 6.10 Å². The van der Waals surface area contributed by atoms with Crippen LogP contribution >= 0.6 is 12.4 Å². The van der Waals surface area contributed by atoms with Crippen molar-refractivity contribution in [2.75, 3.05) is 26.7 Å². The van der Waals surface area contributed by atoms with Gasteiger partial charge in [0.25, 0.3) is 0 Å². The zero-order chi connectivity index (χ0) is 12.8. The molecule has 0 radical (unpaired) electrons. The average Bonchev–Trinajstić information content (AvgIpc) is 2.68. The van der Waals surface area contributed by atoms with E-state index in [1.165, 1.54) is 58.0 Å². The van der Waals surface area contributed by atoms with Crippen molar-refractivity contribution in [1.82, 2.24) is 4.90 Å². The maximum absolute atomic E-state index is 5.95. The van der Waals surface area contributed by atoms with Crippen molar-refractivity contribution < 1.29 is 4.74 Å². The van der Waals surface area contributed by atoms with Gasteiger partial charge in [-0.1, -0.05) is 25.7 Å². The third kappa shape index (κ3) is 5.22. The Balaban J connectivity index is 0.00000180. The van der Waals surface area contributed by atoms with Crippen LogP contribution in [-0.2, 0) is 4.74 Å². The minimum Gasteiger partial charge on any atom is -0.381 e. The van der Waals surface area contributed by atoms with Gasteiger partial charge in [0.15, 0.2) is 0 Å².